The summed E-state index contributed by atoms with van der Waals surface area (Å²) in [5.41, 5.74) is 11.7. The molecular weight excluding hydrogens is 1060 g/mol. The van der Waals surface area contributed by atoms with Crippen LogP contribution >= 0.6 is 0 Å². The predicted molar refractivity (Wildman–Crippen MR) is 342 cm³/mol. The highest BCUT2D eigenvalue weighted by atomic mass is 19.1. The number of hydrogen-bond acceptors (Lipinski definition) is 4. The molecule has 10 aromatic carbocycles. The fraction of sp³-hybridized carbons (Fsp3) is 0.221. The molecule has 12 aromatic rings. The van der Waals surface area contributed by atoms with Crippen LogP contribution in [0, 0.1) is 23.3 Å². The van der Waals surface area contributed by atoms with E-state index in [0.717, 1.165) is 45.0 Å². The average Bonchev–Trinajstić information content (AvgIpc) is 1.98. The number of nitrogens with zero attached hydrogens (tertiary/aromatic N) is 2. The topological polar surface area (TPSA) is 32.8 Å². The van der Waals surface area contributed by atoms with Crippen LogP contribution in [0.5, 0.6) is 0 Å². The molecule has 1 aliphatic rings. The molecule has 0 fully saturated rings. The lowest BCUT2D eigenvalue weighted by atomic mass is 9.67. The molecule has 0 aliphatic heterocycles. The van der Waals surface area contributed by atoms with Crippen molar-refractivity contribution in [2.45, 2.75) is 110 Å². The molecule has 4 nitrogen and oxygen atoms in total. The van der Waals surface area contributed by atoms with Crippen LogP contribution in [0.2, 0.25) is 0 Å². The fourth-order valence-corrected chi connectivity index (χ4v) is 12.9. The maximum atomic E-state index is 17.0. The van der Waals surface area contributed by atoms with E-state index in [1.165, 1.54) is 36.4 Å². The Morgan fingerprint density at radius 3 is 0.882 bits per heavy atom. The standard InChI is InChI=1S/C77H68F4N2O2/c1-73(2,3)45-23-35-53(36-24-45)82(54-37-25-46(26-38-54)74(4,5)6)63-43-59-67(71-65(63)57-15-13-17-61(80)69(57)84-71)68-60(77(59,49-19-31-51(78)32-20-49)50-21-33-52(79)34-22-50)44-64(66-58-16-14-18-62(81)70(58)85-72(66)68)83(55-39-27-47(28-40-55)75(7,8)9)56-41-29-48(30-42-56)76(10,11)12/h13-44H,1-12H3. The Hall–Kier alpha value is -8.88. The van der Waals surface area contributed by atoms with Gasteiger partial charge in [-0.05, 0) is 163 Å². The number of anilines is 6. The molecule has 0 N–H and O–H groups in total. The summed E-state index contributed by atoms with van der Waals surface area (Å²) in [7, 11) is 0. The van der Waals surface area contributed by atoms with Gasteiger partial charge in [0, 0.05) is 44.6 Å². The van der Waals surface area contributed by atoms with Crippen molar-refractivity contribution < 1.29 is 26.4 Å². The third-order valence-electron chi connectivity index (χ3n) is 17.5. The molecule has 2 aromatic heterocycles. The largest absolute Gasteiger partial charge is 0.452 e. The van der Waals surface area contributed by atoms with Gasteiger partial charge in [-0.3, -0.25) is 0 Å². The van der Waals surface area contributed by atoms with Gasteiger partial charge in [0.15, 0.2) is 22.8 Å². The van der Waals surface area contributed by atoms with Gasteiger partial charge in [-0.15, -0.1) is 0 Å². The Bertz CT molecular complexity index is 4150. The maximum absolute atomic E-state index is 17.0. The zero-order valence-electron chi connectivity index (χ0n) is 50.2. The van der Waals surface area contributed by atoms with Crippen molar-refractivity contribution in [1.29, 1.82) is 0 Å². The highest BCUT2D eigenvalue weighted by molar-refractivity contribution is 6.25. The summed E-state index contributed by atoms with van der Waals surface area (Å²) >= 11 is 0. The number of para-hydroxylation sites is 2. The number of hydrogen-bond donors (Lipinski definition) is 0. The Labute approximate surface area is 495 Å². The molecule has 0 spiro atoms. The number of rotatable bonds is 8. The van der Waals surface area contributed by atoms with Gasteiger partial charge in [0.25, 0.3) is 0 Å². The molecule has 0 radical (unpaired) electrons. The molecule has 0 bridgehead atoms. The summed E-state index contributed by atoms with van der Waals surface area (Å²) in [6, 6.07) is 61.4. The fourth-order valence-electron chi connectivity index (χ4n) is 12.9. The molecule has 0 amide bonds. The minimum atomic E-state index is -1.44. The van der Waals surface area contributed by atoms with Crippen LogP contribution in [-0.4, -0.2) is 0 Å². The van der Waals surface area contributed by atoms with Crippen molar-refractivity contribution in [1.82, 2.24) is 0 Å². The molecule has 2 heterocycles. The quantitative estimate of drug-likeness (QED) is 0.142. The predicted octanol–water partition coefficient (Wildman–Crippen LogP) is 22.5. The van der Waals surface area contributed by atoms with E-state index in [1.54, 1.807) is 36.4 Å². The molecule has 0 atom stereocenters. The maximum Gasteiger partial charge on any atom is 0.171 e. The van der Waals surface area contributed by atoms with Crippen molar-refractivity contribution in [3.05, 3.63) is 262 Å². The zero-order valence-corrected chi connectivity index (χ0v) is 50.2. The second-order valence-corrected chi connectivity index (χ2v) is 27.1. The molecule has 13 rings (SSSR count). The van der Waals surface area contributed by atoms with E-state index in [2.05, 4.69) is 202 Å². The first-order chi connectivity index (χ1) is 40.3. The SMILES string of the molecule is CC(C)(C)c1ccc(N(c2ccc(C(C)(C)C)cc2)c2cc3c(c4oc5c(F)cccc5c24)-c2c(cc(N(c4ccc(C(C)(C)C)cc4)c4ccc(C(C)(C)C)cc4)c4c2oc2c(F)cccc24)C3(c2ccc(F)cc2)c2ccc(F)cc2)cc1. The smallest absolute Gasteiger partial charge is 0.171 e. The molecule has 0 unspecified atom stereocenters. The zero-order chi connectivity index (χ0) is 59.9. The van der Waals surface area contributed by atoms with Gasteiger partial charge in [-0.25, -0.2) is 17.6 Å². The van der Waals surface area contributed by atoms with E-state index >= 15 is 17.6 Å². The molecule has 426 valence electrons. The van der Waals surface area contributed by atoms with Crippen molar-refractivity contribution >= 4 is 78.0 Å². The highest BCUT2D eigenvalue weighted by Crippen LogP contribution is 2.64. The summed E-state index contributed by atoms with van der Waals surface area (Å²) in [5, 5.41) is 2.30. The molecule has 0 saturated carbocycles. The molecular formula is C77H68F4N2O2. The number of fused-ring (bicyclic) bond motifs is 11. The normalized spacial score (nSPS) is 13.5. The van der Waals surface area contributed by atoms with Crippen molar-refractivity contribution in [2.75, 3.05) is 9.80 Å². The lowest BCUT2D eigenvalue weighted by molar-refractivity contribution is 0.583. The van der Waals surface area contributed by atoms with Gasteiger partial charge in [-0.1, -0.05) is 180 Å². The lowest BCUT2D eigenvalue weighted by Crippen LogP contribution is -2.29. The monoisotopic (exact) mass is 1130 g/mol. The molecule has 1 aliphatic carbocycles. The van der Waals surface area contributed by atoms with E-state index in [1.807, 2.05) is 12.1 Å². The Kier molecular flexibility index (Phi) is 12.8. The number of benzene rings is 10. The first-order valence-corrected chi connectivity index (χ1v) is 29.2. The van der Waals surface area contributed by atoms with Gasteiger partial charge in [0.1, 0.15) is 22.8 Å². The van der Waals surface area contributed by atoms with E-state index < -0.39 is 28.7 Å². The lowest BCUT2D eigenvalue weighted by Gasteiger charge is -2.36. The second kappa shape index (κ2) is 19.6. The van der Waals surface area contributed by atoms with E-state index in [0.29, 0.717) is 77.5 Å². The van der Waals surface area contributed by atoms with E-state index in [9.17, 15) is 0 Å². The Morgan fingerprint density at radius 2 is 0.612 bits per heavy atom. The van der Waals surface area contributed by atoms with Crippen molar-refractivity contribution in [2.24, 2.45) is 0 Å². The van der Waals surface area contributed by atoms with Crippen molar-refractivity contribution in [3.8, 4) is 11.1 Å². The Morgan fingerprint density at radius 1 is 0.329 bits per heavy atom. The summed E-state index contributed by atoms with van der Waals surface area (Å²) in [5.74, 6) is -2.00. The van der Waals surface area contributed by atoms with Gasteiger partial charge in [0.05, 0.1) is 27.6 Å². The van der Waals surface area contributed by atoms with Crippen molar-refractivity contribution in [3.63, 3.8) is 0 Å². The first kappa shape index (κ1) is 55.3. The molecule has 85 heavy (non-hydrogen) atoms. The first-order valence-electron chi connectivity index (χ1n) is 29.2. The van der Waals surface area contributed by atoms with Crippen LogP contribution in [0.15, 0.2) is 203 Å². The van der Waals surface area contributed by atoms with Gasteiger partial charge >= 0.3 is 0 Å². The number of furan rings is 2. The van der Waals surface area contributed by atoms with Gasteiger partial charge in [-0.2, -0.15) is 0 Å². The van der Waals surface area contributed by atoms with Crippen LogP contribution in [0.4, 0.5) is 51.7 Å². The average molecular weight is 1130 g/mol. The second-order valence-electron chi connectivity index (χ2n) is 27.1. The van der Waals surface area contributed by atoms with E-state index in [4.69, 9.17) is 8.83 Å². The van der Waals surface area contributed by atoms with Gasteiger partial charge < -0.3 is 18.6 Å². The summed E-state index contributed by atoms with van der Waals surface area (Å²) < 4.78 is 79.9. The highest BCUT2D eigenvalue weighted by Gasteiger charge is 2.51. The van der Waals surface area contributed by atoms with Crippen LogP contribution < -0.4 is 9.80 Å². The third-order valence-corrected chi connectivity index (χ3v) is 17.5. The molecule has 0 saturated heterocycles. The van der Waals surface area contributed by atoms with Crippen LogP contribution in [0.1, 0.15) is 128 Å². The Balaban J connectivity index is 1.25. The number of halogens is 4. The summed E-state index contributed by atoms with van der Waals surface area (Å²) in [6.07, 6.45) is 0. The van der Waals surface area contributed by atoms with Gasteiger partial charge in [0.2, 0.25) is 0 Å². The summed E-state index contributed by atoms with van der Waals surface area (Å²) in [4.78, 5) is 4.40. The molecule has 8 heteroatoms. The van der Waals surface area contributed by atoms with Crippen LogP contribution in [0.3, 0.4) is 0 Å². The minimum Gasteiger partial charge on any atom is -0.452 e. The minimum absolute atomic E-state index is 0.0490. The van der Waals surface area contributed by atoms with E-state index in [-0.39, 0.29) is 32.8 Å². The third kappa shape index (κ3) is 9.01. The summed E-state index contributed by atoms with van der Waals surface area (Å²) in [6.45, 7) is 26.2. The van der Waals surface area contributed by atoms with Crippen LogP contribution in [0.25, 0.3) is 55.0 Å². The van der Waals surface area contributed by atoms with Crippen LogP contribution in [-0.2, 0) is 27.1 Å².